The number of ether oxygens (including phenoxy) is 3. The quantitative estimate of drug-likeness (QED) is 0.0587. The van der Waals surface area contributed by atoms with Gasteiger partial charge in [0.2, 0.25) is 5.89 Å². The molecule has 4 rings (SSSR count). The van der Waals surface area contributed by atoms with E-state index in [1.807, 2.05) is 0 Å². The summed E-state index contributed by atoms with van der Waals surface area (Å²) in [5, 5.41) is 21.1. The van der Waals surface area contributed by atoms with Crippen LogP contribution in [0, 0.1) is 22.7 Å². The van der Waals surface area contributed by atoms with Crippen molar-refractivity contribution in [2.24, 2.45) is 22.9 Å². The first kappa shape index (κ1) is 53.0. The number of hydrogen-bond donors (Lipinski definition) is 5. The van der Waals surface area contributed by atoms with Crippen LogP contribution in [0.3, 0.4) is 0 Å². The lowest BCUT2D eigenvalue weighted by Crippen LogP contribution is -2.40. The van der Waals surface area contributed by atoms with Gasteiger partial charge in [0.05, 0.1) is 11.3 Å². The molecule has 15 nitrogen and oxygen atoms in total. The third-order valence-corrected chi connectivity index (χ3v) is 8.99. The van der Waals surface area contributed by atoms with Gasteiger partial charge in [-0.1, -0.05) is 35.5 Å². The number of hydrogen-bond acceptors (Lipinski definition) is 16. The van der Waals surface area contributed by atoms with E-state index in [1.165, 1.54) is 18.0 Å². The van der Waals surface area contributed by atoms with Crippen LogP contribution >= 0.6 is 73.0 Å². The molecule has 0 spiro atoms. The number of nitrogens with zero attached hydrogens (tertiary/aromatic N) is 4. The van der Waals surface area contributed by atoms with E-state index in [9.17, 15) is 20.1 Å². The van der Waals surface area contributed by atoms with Gasteiger partial charge < -0.3 is 47.3 Å². The van der Waals surface area contributed by atoms with Gasteiger partial charge in [0, 0.05) is 21.9 Å². The Morgan fingerprint density at radius 1 is 0.825 bits per heavy atom. The Hall–Kier alpha value is -4.04. The number of rotatable bonds is 19. The maximum absolute atomic E-state index is 12.7. The lowest BCUT2D eigenvalue weighted by Gasteiger charge is -2.21. The Morgan fingerprint density at radius 3 is 1.98 bits per heavy atom. The highest BCUT2D eigenvalue weighted by atomic mass is 35.5. The van der Waals surface area contributed by atoms with Crippen molar-refractivity contribution in [2.45, 2.75) is 54.6 Å². The van der Waals surface area contributed by atoms with E-state index < -0.39 is 30.1 Å². The molecule has 0 aliphatic carbocycles. The predicted molar refractivity (Wildman–Crippen MR) is 228 cm³/mol. The predicted octanol–water partition coefficient (Wildman–Crippen LogP) is 5.33. The minimum atomic E-state index is -1.02. The highest BCUT2D eigenvalue weighted by molar-refractivity contribution is 7.98. The number of nitriles is 2. The summed E-state index contributed by atoms with van der Waals surface area (Å²) in [6.07, 6.45) is 2.21. The second-order valence-corrected chi connectivity index (χ2v) is 13.1. The van der Waals surface area contributed by atoms with Gasteiger partial charge in [-0.05, 0) is 80.7 Å². The molecule has 2 aromatic carbocycles. The number of oxazole rings is 1. The number of nitrogens with two attached hydrogens (primary N) is 5. The van der Waals surface area contributed by atoms with Crippen LogP contribution in [0.25, 0.3) is 22.6 Å². The van der Waals surface area contributed by atoms with Crippen molar-refractivity contribution >= 4 is 90.7 Å². The van der Waals surface area contributed by atoms with Crippen molar-refractivity contribution in [1.82, 2.24) is 9.97 Å². The van der Waals surface area contributed by atoms with E-state index >= 15 is 0 Å². The number of carbonyl (C=O) groups is 2. The second kappa shape index (κ2) is 26.8. The molecule has 0 saturated carbocycles. The Morgan fingerprint density at radius 2 is 1.40 bits per heavy atom. The third-order valence-electron chi connectivity index (χ3n) is 7.73. The van der Waals surface area contributed by atoms with Crippen molar-refractivity contribution in [3.05, 3.63) is 76.6 Å². The Kier molecular flexibility index (Phi) is 24.9. The fourth-order valence-electron chi connectivity index (χ4n) is 4.90. The minimum absolute atomic E-state index is 0. The molecule has 0 saturated heterocycles. The molecule has 0 fully saturated rings. The summed E-state index contributed by atoms with van der Waals surface area (Å²) in [6, 6.07) is 16.0. The Bertz CT molecular complexity index is 1950. The van der Waals surface area contributed by atoms with Crippen LogP contribution in [0.2, 0.25) is 5.02 Å². The van der Waals surface area contributed by atoms with Gasteiger partial charge >= 0.3 is 11.9 Å². The zero-order chi connectivity index (χ0) is 38.3. The summed E-state index contributed by atoms with van der Waals surface area (Å²) in [5.74, 6) is -0.353. The number of halogens is 5. The molecule has 0 unspecified atom stereocenters. The number of thioether (sulfide) groups is 1. The maximum atomic E-state index is 12.7. The molecule has 21 heteroatoms. The zero-order valence-corrected chi connectivity index (χ0v) is 35.2. The van der Waals surface area contributed by atoms with Crippen LogP contribution in [-0.4, -0.2) is 66.4 Å². The molecular formula is C36H44Cl5N9O6S. The largest absolute Gasteiger partial charge is 0.490 e. The van der Waals surface area contributed by atoms with Crippen molar-refractivity contribution in [2.75, 3.05) is 32.0 Å². The molecule has 3 atom stereocenters. The van der Waals surface area contributed by atoms with Gasteiger partial charge in [-0.15, -0.1) is 49.6 Å². The van der Waals surface area contributed by atoms with E-state index in [2.05, 4.69) is 22.1 Å². The summed E-state index contributed by atoms with van der Waals surface area (Å²) < 4.78 is 22.4. The normalized spacial score (nSPS) is 11.7. The lowest BCUT2D eigenvalue weighted by molar-refractivity contribution is -0.162. The average Bonchev–Trinajstić information content (AvgIpc) is 3.65. The molecule has 57 heavy (non-hydrogen) atoms. The summed E-state index contributed by atoms with van der Waals surface area (Å²) in [5.41, 5.74) is 31.4. The number of nitrogen functional groups attached to an aromatic ring is 1. The minimum Gasteiger partial charge on any atom is -0.490 e. The number of anilines is 1. The Labute approximate surface area is 364 Å². The van der Waals surface area contributed by atoms with E-state index in [0.29, 0.717) is 83.0 Å². The summed E-state index contributed by atoms with van der Waals surface area (Å²) in [4.78, 5) is 33.9. The number of pyridine rings is 1. The standard InChI is InChI=1S/C36H40ClN9O6S.4ClH/c37-23-9-5-22(6-10-23)33-45-24(17-50-33)20-53-34-28(16-41)31(27(15-40)32(44)46-34)21-7-11-25(12-8-21)49-18-26(52-36(48)30(43)4-2-14-39)19-51-35(47)29(42)3-1-13-38;;;;/h5-12,17,26,29-30H,1-4,13-14,18-20,38-39,42-43H2,(H2,44,46);4*1H/t26-,29+,30+;;;;/m1..../s1. The molecule has 310 valence electrons. The number of aromatic nitrogens is 2. The van der Waals surface area contributed by atoms with Crippen LogP contribution < -0.4 is 33.4 Å². The van der Waals surface area contributed by atoms with E-state index in [0.717, 1.165) is 5.56 Å². The van der Waals surface area contributed by atoms with Gasteiger partial charge in [0.15, 0.2) is 6.10 Å². The lowest BCUT2D eigenvalue weighted by atomic mass is 9.97. The first-order valence-corrected chi connectivity index (χ1v) is 17.9. The number of esters is 2. The van der Waals surface area contributed by atoms with Gasteiger partial charge in [-0.3, -0.25) is 9.59 Å². The van der Waals surface area contributed by atoms with Gasteiger partial charge in [0.25, 0.3) is 0 Å². The van der Waals surface area contributed by atoms with E-state index in [1.54, 1.807) is 48.5 Å². The first-order valence-electron chi connectivity index (χ1n) is 16.6. The van der Waals surface area contributed by atoms with E-state index in [4.69, 9.17) is 58.9 Å². The van der Waals surface area contributed by atoms with Gasteiger partial charge in [0.1, 0.15) is 65.9 Å². The van der Waals surface area contributed by atoms with Crippen LogP contribution in [0.5, 0.6) is 5.75 Å². The molecule has 4 aromatic rings. The zero-order valence-electron chi connectivity index (χ0n) is 30.3. The van der Waals surface area contributed by atoms with Crippen LogP contribution in [-0.2, 0) is 24.8 Å². The van der Waals surface area contributed by atoms with Crippen LogP contribution in [0.4, 0.5) is 5.82 Å². The summed E-state index contributed by atoms with van der Waals surface area (Å²) >= 11 is 7.20. The molecule has 0 aliphatic heterocycles. The topological polar surface area (TPSA) is 278 Å². The molecule has 0 bridgehead atoms. The SMILES string of the molecule is Cl.Cl.Cl.Cl.N#Cc1c(N)nc(SCc2coc(-c3ccc(Cl)cc3)n2)c(C#N)c1-c1ccc(OC[C@H](COC(=O)[C@@H](N)CCCN)OC(=O)[C@@H](N)CCCN)cc1. The van der Waals surface area contributed by atoms with Crippen molar-refractivity contribution in [1.29, 1.82) is 10.5 Å². The number of benzene rings is 2. The molecule has 0 radical (unpaired) electrons. The molecular weight excluding hydrogens is 864 g/mol. The second-order valence-electron chi connectivity index (χ2n) is 11.7. The summed E-state index contributed by atoms with van der Waals surface area (Å²) in [6.45, 7) is 0.204. The highest BCUT2D eigenvalue weighted by Crippen LogP contribution is 2.37. The van der Waals surface area contributed by atoms with Crippen LogP contribution in [0.1, 0.15) is 42.5 Å². The monoisotopic (exact) mass is 905 g/mol. The molecule has 0 aliphatic rings. The number of carbonyl (C=O) groups excluding carboxylic acids is 2. The van der Waals surface area contributed by atoms with Gasteiger partial charge in [-0.25, -0.2) is 9.97 Å². The third kappa shape index (κ3) is 15.3. The Balaban J connectivity index is 0.00000784. The molecule has 0 amide bonds. The molecule has 2 aromatic heterocycles. The fraction of sp³-hybridized carbons (Fsp3) is 0.333. The highest BCUT2D eigenvalue weighted by Gasteiger charge is 2.25. The summed E-state index contributed by atoms with van der Waals surface area (Å²) in [7, 11) is 0. The maximum Gasteiger partial charge on any atom is 0.323 e. The average molecular weight is 908 g/mol. The van der Waals surface area contributed by atoms with Crippen molar-refractivity contribution in [3.63, 3.8) is 0 Å². The van der Waals surface area contributed by atoms with Gasteiger partial charge in [-0.2, -0.15) is 10.5 Å². The van der Waals surface area contributed by atoms with Crippen LogP contribution in [0.15, 0.2) is 64.2 Å². The first-order chi connectivity index (χ1) is 25.6. The fourth-order valence-corrected chi connectivity index (χ4v) is 5.90. The van der Waals surface area contributed by atoms with E-state index in [-0.39, 0.29) is 79.8 Å². The van der Waals surface area contributed by atoms with Crippen molar-refractivity contribution in [3.8, 4) is 40.5 Å². The van der Waals surface area contributed by atoms with Crippen molar-refractivity contribution < 1.29 is 28.2 Å². The molecule has 2 heterocycles. The smallest absolute Gasteiger partial charge is 0.323 e. The molecule has 10 N–H and O–H groups in total.